The van der Waals surface area contributed by atoms with Gasteiger partial charge in [-0.1, -0.05) is 0 Å². The van der Waals surface area contributed by atoms with Gasteiger partial charge >= 0.3 is 11.9 Å². The molecule has 0 aromatic carbocycles. The summed E-state index contributed by atoms with van der Waals surface area (Å²) in [4.78, 5) is 22.5. The Labute approximate surface area is 96.3 Å². The molecular formula is C11H21NO4. The smallest absolute Gasteiger partial charge is 0.323 e. The molecule has 0 spiro atoms. The first-order valence-corrected chi connectivity index (χ1v) is 5.48. The van der Waals surface area contributed by atoms with Gasteiger partial charge < -0.3 is 15.2 Å². The zero-order valence-corrected chi connectivity index (χ0v) is 10.4. The monoisotopic (exact) mass is 231 g/mol. The van der Waals surface area contributed by atoms with Crippen LogP contribution in [0.3, 0.4) is 0 Å². The average Bonchev–Trinajstić information content (AvgIpc) is 2.11. The number of nitrogens with two attached hydrogens (primary N) is 1. The molecule has 0 rings (SSSR count). The molecule has 0 bridgehead atoms. The molecule has 0 aliphatic carbocycles. The summed E-state index contributed by atoms with van der Waals surface area (Å²) in [6.07, 6.45) is 0.0383. The second kappa shape index (κ2) is 7.22. The van der Waals surface area contributed by atoms with Crippen molar-refractivity contribution in [3.05, 3.63) is 0 Å². The van der Waals surface area contributed by atoms with E-state index in [4.69, 9.17) is 15.2 Å². The molecule has 1 atom stereocenters. The Morgan fingerprint density at radius 1 is 1.06 bits per heavy atom. The number of rotatable bonds is 6. The summed E-state index contributed by atoms with van der Waals surface area (Å²) >= 11 is 0. The molecule has 5 heteroatoms. The third-order valence-corrected chi connectivity index (χ3v) is 1.68. The summed E-state index contributed by atoms with van der Waals surface area (Å²) in [6.45, 7) is 7.03. The van der Waals surface area contributed by atoms with Crippen LogP contribution in [0.15, 0.2) is 0 Å². The SMILES string of the molecule is CC(C)OC(=O)CC[C@H](N)C(=O)OC(C)C. The van der Waals surface area contributed by atoms with Gasteiger partial charge in [0.25, 0.3) is 0 Å². The van der Waals surface area contributed by atoms with E-state index in [-0.39, 0.29) is 31.0 Å². The van der Waals surface area contributed by atoms with Crippen LogP contribution >= 0.6 is 0 Å². The van der Waals surface area contributed by atoms with E-state index in [0.717, 1.165) is 0 Å². The summed E-state index contributed by atoms with van der Waals surface area (Å²) in [6, 6.07) is -0.762. The van der Waals surface area contributed by atoms with Crippen molar-refractivity contribution in [1.82, 2.24) is 0 Å². The van der Waals surface area contributed by atoms with E-state index in [0.29, 0.717) is 0 Å². The lowest BCUT2D eigenvalue weighted by atomic mass is 10.2. The lowest BCUT2D eigenvalue weighted by Crippen LogP contribution is -2.34. The summed E-state index contributed by atoms with van der Waals surface area (Å²) < 4.78 is 9.82. The Hall–Kier alpha value is -1.10. The van der Waals surface area contributed by atoms with Gasteiger partial charge in [-0.15, -0.1) is 0 Å². The Kier molecular flexibility index (Phi) is 6.72. The molecule has 0 radical (unpaired) electrons. The number of carbonyl (C=O) groups excluding carboxylic acids is 2. The van der Waals surface area contributed by atoms with Gasteiger partial charge in [0.05, 0.1) is 12.2 Å². The highest BCUT2D eigenvalue weighted by molar-refractivity contribution is 5.77. The molecule has 0 amide bonds. The topological polar surface area (TPSA) is 78.6 Å². The normalized spacial score (nSPS) is 12.7. The molecule has 0 aliphatic rings. The first kappa shape index (κ1) is 14.9. The fraction of sp³-hybridized carbons (Fsp3) is 0.818. The summed E-state index contributed by atoms with van der Waals surface area (Å²) in [5, 5.41) is 0. The van der Waals surface area contributed by atoms with Crippen LogP contribution in [0.5, 0.6) is 0 Å². The highest BCUT2D eigenvalue weighted by Crippen LogP contribution is 2.02. The van der Waals surface area contributed by atoms with E-state index in [1.807, 2.05) is 0 Å². The maximum absolute atomic E-state index is 11.3. The fourth-order valence-electron chi connectivity index (χ4n) is 1.03. The van der Waals surface area contributed by atoms with Gasteiger partial charge in [0.2, 0.25) is 0 Å². The van der Waals surface area contributed by atoms with Crippen LogP contribution in [-0.2, 0) is 19.1 Å². The second-order valence-electron chi connectivity index (χ2n) is 4.17. The molecule has 0 aromatic rings. The first-order chi connectivity index (χ1) is 7.32. The van der Waals surface area contributed by atoms with Crippen LogP contribution in [0.2, 0.25) is 0 Å². The highest BCUT2D eigenvalue weighted by Gasteiger charge is 2.18. The van der Waals surface area contributed by atoms with Crippen molar-refractivity contribution >= 4 is 11.9 Å². The van der Waals surface area contributed by atoms with Crippen molar-refractivity contribution in [3.63, 3.8) is 0 Å². The van der Waals surface area contributed by atoms with E-state index in [2.05, 4.69) is 0 Å². The van der Waals surface area contributed by atoms with Crippen molar-refractivity contribution in [2.75, 3.05) is 0 Å². The maximum Gasteiger partial charge on any atom is 0.323 e. The van der Waals surface area contributed by atoms with Gasteiger partial charge in [0.15, 0.2) is 0 Å². The van der Waals surface area contributed by atoms with E-state index in [1.54, 1.807) is 27.7 Å². The van der Waals surface area contributed by atoms with Crippen molar-refractivity contribution in [2.24, 2.45) is 5.73 Å². The first-order valence-electron chi connectivity index (χ1n) is 5.48. The number of hydrogen-bond donors (Lipinski definition) is 1. The van der Waals surface area contributed by atoms with Crippen LogP contribution in [0, 0.1) is 0 Å². The number of hydrogen-bond acceptors (Lipinski definition) is 5. The molecule has 0 fully saturated rings. The molecule has 0 saturated carbocycles. The molecule has 0 unspecified atom stereocenters. The maximum atomic E-state index is 11.3. The van der Waals surface area contributed by atoms with E-state index < -0.39 is 12.0 Å². The molecule has 0 aromatic heterocycles. The predicted octanol–water partition coefficient (Wildman–Crippen LogP) is 0.997. The zero-order chi connectivity index (χ0) is 12.7. The van der Waals surface area contributed by atoms with Gasteiger partial charge in [-0.05, 0) is 34.1 Å². The fourth-order valence-corrected chi connectivity index (χ4v) is 1.03. The van der Waals surface area contributed by atoms with Crippen molar-refractivity contribution in [3.8, 4) is 0 Å². The molecule has 0 heterocycles. The lowest BCUT2D eigenvalue weighted by molar-refractivity contribution is -0.150. The van der Waals surface area contributed by atoms with Crippen LogP contribution in [-0.4, -0.2) is 30.2 Å². The van der Waals surface area contributed by atoms with Gasteiger partial charge in [-0.25, -0.2) is 0 Å². The van der Waals surface area contributed by atoms with Crippen LogP contribution < -0.4 is 5.73 Å². The Bertz CT molecular complexity index is 238. The van der Waals surface area contributed by atoms with Crippen LogP contribution in [0.25, 0.3) is 0 Å². The molecule has 5 nitrogen and oxygen atoms in total. The minimum atomic E-state index is -0.762. The molecule has 0 aliphatic heterocycles. The Morgan fingerprint density at radius 3 is 2.00 bits per heavy atom. The zero-order valence-electron chi connectivity index (χ0n) is 10.4. The number of esters is 2. The molecule has 16 heavy (non-hydrogen) atoms. The Morgan fingerprint density at radius 2 is 1.56 bits per heavy atom. The van der Waals surface area contributed by atoms with E-state index in [1.165, 1.54) is 0 Å². The summed E-state index contributed by atoms with van der Waals surface area (Å²) in [7, 11) is 0. The second-order valence-corrected chi connectivity index (χ2v) is 4.17. The van der Waals surface area contributed by atoms with Gasteiger partial charge in [0.1, 0.15) is 6.04 Å². The quantitative estimate of drug-likeness (QED) is 0.690. The third kappa shape index (κ3) is 7.23. The average molecular weight is 231 g/mol. The molecular weight excluding hydrogens is 210 g/mol. The standard InChI is InChI=1S/C11H21NO4/c1-7(2)15-10(13)6-5-9(12)11(14)16-8(3)4/h7-9H,5-6,12H2,1-4H3/t9-/m0/s1. The molecule has 94 valence electrons. The Balaban J connectivity index is 3.84. The minimum absolute atomic E-state index is 0.131. The summed E-state index contributed by atoms with van der Waals surface area (Å²) in [5.41, 5.74) is 5.56. The largest absolute Gasteiger partial charge is 0.463 e. The summed E-state index contributed by atoms with van der Waals surface area (Å²) in [5.74, 6) is -0.824. The van der Waals surface area contributed by atoms with Gasteiger partial charge in [0, 0.05) is 6.42 Å². The number of ether oxygens (including phenoxy) is 2. The minimum Gasteiger partial charge on any atom is -0.463 e. The van der Waals surface area contributed by atoms with Crippen LogP contribution in [0.4, 0.5) is 0 Å². The number of carbonyl (C=O) groups is 2. The van der Waals surface area contributed by atoms with Crippen molar-refractivity contribution in [2.45, 2.75) is 58.8 Å². The molecule has 0 saturated heterocycles. The van der Waals surface area contributed by atoms with E-state index >= 15 is 0 Å². The van der Waals surface area contributed by atoms with Crippen molar-refractivity contribution in [1.29, 1.82) is 0 Å². The third-order valence-electron chi connectivity index (χ3n) is 1.68. The van der Waals surface area contributed by atoms with Gasteiger partial charge in [-0.3, -0.25) is 9.59 Å². The van der Waals surface area contributed by atoms with Crippen LogP contribution in [0.1, 0.15) is 40.5 Å². The predicted molar refractivity (Wildman–Crippen MR) is 59.7 cm³/mol. The van der Waals surface area contributed by atoms with E-state index in [9.17, 15) is 9.59 Å². The van der Waals surface area contributed by atoms with Crippen molar-refractivity contribution < 1.29 is 19.1 Å². The highest BCUT2D eigenvalue weighted by atomic mass is 16.5. The lowest BCUT2D eigenvalue weighted by Gasteiger charge is -2.14. The van der Waals surface area contributed by atoms with Gasteiger partial charge in [-0.2, -0.15) is 0 Å². The molecule has 2 N–H and O–H groups in total.